The molecule has 0 fully saturated rings. The lowest BCUT2D eigenvalue weighted by molar-refractivity contribution is -0.145. The number of hydrogen-bond acceptors (Lipinski definition) is 5. The largest absolute Gasteiger partial charge is 0.468 e. The van der Waals surface area contributed by atoms with E-state index in [2.05, 4.69) is 5.32 Å². The summed E-state index contributed by atoms with van der Waals surface area (Å²) in [5.41, 5.74) is 0. The molecule has 1 heterocycles. The first kappa shape index (κ1) is 14.2. The van der Waals surface area contributed by atoms with Gasteiger partial charge in [-0.2, -0.15) is 0 Å². The highest BCUT2D eigenvalue weighted by Gasteiger charge is 2.25. The van der Waals surface area contributed by atoms with E-state index in [4.69, 9.17) is 9.47 Å². The third-order valence-electron chi connectivity index (χ3n) is 2.53. The zero-order valence-corrected chi connectivity index (χ0v) is 11.3. The van der Waals surface area contributed by atoms with E-state index >= 15 is 0 Å². The summed E-state index contributed by atoms with van der Waals surface area (Å²) in [6, 6.07) is 3.70. The lowest BCUT2D eigenvalue weighted by Gasteiger charge is -2.22. The van der Waals surface area contributed by atoms with Gasteiger partial charge in [-0.25, -0.2) is 0 Å². The number of esters is 1. The first-order valence-electron chi connectivity index (χ1n) is 5.51. The number of carbonyl (C=O) groups is 1. The highest BCUT2D eigenvalue weighted by molar-refractivity contribution is 7.09. The first-order chi connectivity index (χ1) is 8.19. The summed E-state index contributed by atoms with van der Waals surface area (Å²) < 4.78 is 9.87. The second kappa shape index (κ2) is 7.42. The zero-order valence-electron chi connectivity index (χ0n) is 10.4. The van der Waals surface area contributed by atoms with Crippen LogP contribution < -0.4 is 5.32 Å². The molecule has 0 aromatic carbocycles. The predicted octanol–water partition coefficient (Wildman–Crippen LogP) is 1.66. The maximum Gasteiger partial charge on any atom is 0.323 e. The quantitative estimate of drug-likeness (QED) is 0.755. The predicted molar refractivity (Wildman–Crippen MR) is 68.0 cm³/mol. The van der Waals surface area contributed by atoms with Crippen molar-refractivity contribution < 1.29 is 14.3 Å². The molecule has 0 aliphatic heterocycles. The van der Waals surface area contributed by atoms with Crippen molar-refractivity contribution >= 4 is 17.3 Å². The molecule has 1 aromatic heterocycles. The van der Waals surface area contributed by atoms with Crippen molar-refractivity contribution in [2.24, 2.45) is 5.92 Å². The van der Waals surface area contributed by atoms with Crippen LogP contribution in [0.5, 0.6) is 0 Å². The van der Waals surface area contributed by atoms with Gasteiger partial charge >= 0.3 is 5.97 Å². The van der Waals surface area contributed by atoms with Crippen LogP contribution in [0.3, 0.4) is 0 Å². The third-order valence-corrected chi connectivity index (χ3v) is 3.41. The van der Waals surface area contributed by atoms with Gasteiger partial charge in [0, 0.05) is 24.4 Å². The molecule has 0 aliphatic rings. The topological polar surface area (TPSA) is 47.6 Å². The van der Waals surface area contributed by atoms with Crippen LogP contribution in [0.15, 0.2) is 17.5 Å². The molecule has 4 nitrogen and oxygen atoms in total. The van der Waals surface area contributed by atoms with E-state index in [-0.39, 0.29) is 17.9 Å². The monoisotopic (exact) mass is 257 g/mol. The van der Waals surface area contributed by atoms with Crippen molar-refractivity contribution in [3.05, 3.63) is 22.4 Å². The molecule has 1 N–H and O–H groups in total. The van der Waals surface area contributed by atoms with E-state index in [0.717, 1.165) is 0 Å². The van der Waals surface area contributed by atoms with Crippen molar-refractivity contribution in [2.75, 3.05) is 20.8 Å². The standard InChI is InChI=1S/C12H19NO3S/c1-9(8-15-2)11(12(14)16-3)13-7-10-5-4-6-17-10/h4-6,9,11,13H,7-8H2,1-3H3. The van der Waals surface area contributed by atoms with E-state index in [1.54, 1.807) is 18.4 Å². The van der Waals surface area contributed by atoms with Crippen molar-refractivity contribution in [2.45, 2.75) is 19.5 Å². The van der Waals surface area contributed by atoms with E-state index < -0.39 is 0 Å². The molecule has 0 radical (unpaired) electrons. The second-order valence-corrected chi connectivity index (χ2v) is 4.93. The fourth-order valence-corrected chi connectivity index (χ4v) is 2.28. The number of hydrogen-bond donors (Lipinski definition) is 1. The summed E-state index contributed by atoms with van der Waals surface area (Å²) in [5.74, 6) is -0.168. The summed E-state index contributed by atoms with van der Waals surface area (Å²) >= 11 is 1.66. The normalized spacial score (nSPS) is 14.3. The van der Waals surface area contributed by atoms with Gasteiger partial charge in [-0.15, -0.1) is 11.3 Å². The van der Waals surface area contributed by atoms with Gasteiger partial charge in [0.25, 0.3) is 0 Å². The maximum absolute atomic E-state index is 11.7. The summed E-state index contributed by atoms with van der Waals surface area (Å²) in [6.45, 7) is 3.16. The van der Waals surface area contributed by atoms with E-state index in [1.807, 2.05) is 24.4 Å². The van der Waals surface area contributed by atoms with Crippen LogP contribution in [0.25, 0.3) is 0 Å². The van der Waals surface area contributed by atoms with Crippen molar-refractivity contribution in [1.29, 1.82) is 0 Å². The molecule has 17 heavy (non-hydrogen) atoms. The molecule has 0 amide bonds. The Hall–Kier alpha value is -0.910. The Kier molecular flexibility index (Phi) is 6.18. The summed E-state index contributed by atoms with van der Waals surface area (Å²) in [7, 11) is 3.03. The van der Waals surface area contributed by atoms with Gasteiger partial charge < -0.3 is 9.47 Å². The smallest absolute Gasteiger partial charge is 0.323 e. The fourth-order valence-electron chi connectivity index (χ4n) is 1.63. The molecule has 1 aromatic rings. The molecule has 96 valence electrons. The number of rotatable bonds is 7. The molecule has 5 heteroatoms. The minimum Gasteiger partial charge on any atom is -0.468 e. The van der Waals surface area contributed by atoms with Gasteiger partial charge in [-0.1, -0.05) is 13.0 Å². The van der Waals surface area contributed by atoms with Gasteiger partial charge in [0.05, 0.1) is 13.7 Å². The van der Waals surface area contributed by atoms with Gasteiger partial charge in [-0.3, -0.25) is 10.1 Å². The number of thiophene rings is 1. The van der Waals surface area contributed by atoms with Crippen molar-refractivity contribution in [3.63, 3.8) is 0 Å². The maximum atomic E-state index is 11.7. The van der Waals surface area contributed by atoms with E-state index in [1.165, 1.54) is 12.0 Å². The Morgan fingerprint density at radius 1 is 1.53 bits per heavy atom. The molecule has 2 atom stereocenters. The second-order valence-electron chi connectivity index (χ2n) is 3.89. The van der Waals surface area contributed by atoms with E-state index in [9.17, 15) is 4.79 Å². The van der Waals surface area contributed by atoms with Crippen molar-refractivity contribution in [1.82, 2.24) is 5.32 Å². The Morgan fingerprint density at radius 3 is 2.82 bits per heavy atom. The van der Waals surface area contributed by atoms with Gasteiger partial charge in [0.1, 0.15) is 6.04 Å². The number of carbonyl (C=O) groups excluding carboxylic acids is 1. The summed E-state index contributed by atoms with van der Waals surface area (Å²) in [4.78, 5) is 12.8. The van der Waals surface area contributed by atoms with Crippen LogP contribution in [0.1, 0.15) is 11.8 Å². The Morgan fingerprint density at radius 2 is 2.29 bits per heavy atom. The highest BCUT2D eigenvalue weighted by Crippen LogP contribution is 2.11. The molecule has 0 aliphatic carbocycles. The summed E-state index contributed by atoms with van der Waals surface area (Å²) in [6.07, 6.45) is 0. The van der Waals surface area contributed by atoms with Crippen LogP contribution >= 0.6 is 11.3 Å². The number of nitrogens with one attached hydrogen (secondary N) is 1. The molecule has 0 saturated heterocycles. The van der Waals surface area contributed by atoms with Crippen molar-refractivity contribution in [3.8, 4) is 0 Å². The minimum absolute atomic E-state index is 0.0763. The lowest BCUT2D eigenvalue weighted by Crippen LogP contribution is -2.43. The molecule has 2 unspecified atom stereocenters. The molecule has 0 spiro atoms. The van der Waals surface area contributed by atoms with E-state index in [0.29, 0.717) is 13.2 Å². The van der Waals surface area contributed by atoms with Crippen LogP contribution in [-0.2, 0) is 20.8 Å². The Balaban J connectivity index is 2.54. The molecular formula is C12H19NO3S. The van der Waals surface area contributed by atoms with Crippen LogP contribution in [0.2, 0.25) is 0 Å². The third kappa shape index (κ3) is 4.46. The number of ether oxygens (including phenoxy) is 2. The highest BCUT2D eigenvalue weighted by atomic mass is 32.1. The zero-order chi connectivity index (χ0) is 12.7. The summed E-state index contributed by atoms with van der Waals surface area (Å²) in [5, 5.41) is 5.23. The molecule has 0 bridgehead atoms. The Labute approximate surface area is 106 Å². The van der Waals surface area contributed by atoms with Crippen LogP contribution in [0, 0.1) is 5.92 Å². The number of methoxy groups -OCH3 is 2. The van der Waals surface area contributed by atoms with Gasteiger partial charge in [0.2, 0.25) is 0 Å². The fraction of sp³-hybridized carbons (Fsp3) is 0.583. The Bertz CT molecular complexity index is 327. The SMILES string of the molecule is COCC(C)C(NCc1cccs1)C(=O)OC. The molecular weight excluding hydrogens is 238 g/mol. The molecule has 1 rings (SSSR count). The lowest BCUT2D eigenvalue weighted by atomic mass is 10.0. The molecule has 0 saturated carbocycles. The van der Waals surface area contributed by atoms with Gasteiger partial charge in [-0.05, 0) is 11.4 Å². The first-order valence-corrected chi connectivity index (χ1v) is 6.39. The average Bonchev–Trinajstić information content (AvgIpc) is 2.82. The van der Waals surface area contributed by atoms with Gasteiger partial charge in [0.15, 0.2) is 0 Å². The minimum atomic E-state index is -0.331. The average molecular weight is 257 g/mol. The van der Waals surface area contributed by atoms with Crippen LogP contribution in [-0.4, -0.2) is 32.8 Å². The van der Waals surface area contributed by atoms with Crippen LogP contribution in [0.4, 0.5) is 0 Å².